The molecule has 0 aliphatic carbocycles. The van der Waals surface area contributed by atoms with E-state index in [1.165, 1.54) is 0 Å². The molecule has 0 unspecified atom stereocenters. The maximum absolute atomic E-state index is 13.0. The second kappa shape index (κ2) is 7.50. The van der Waals surface area contributed by atoms with Crippen molar-refractivity contribution in [2.45, 2.75) is 33.4 Å². The Labute approximate surface area is 165 Å². The van der Waals surface area contributed by atoms with Crippen molar-refractivity contribution in [2.24, 2.45) is 11.1 Å². The van der Waals surface area contributed by atoms with Gasteiger partial charge in [-0.2, -0.15) is 5.10 Å². The molecule has 0 aliphatic heterocycles. The summed E-state index contributed by atoms with van der Waals surface area (Å²) in [6.07, 6.45) is 0. The zero-order valence-electron chi connectivity index (χ0n) is 16.7. The summed E-state index contributed by atoms with van der Waals surface area (Å²) in [5.74, 6) is -0.966. The molecule has 0 saturated carbocycles. The lowest BCUT2D eigenvalue weighted by atomic mass is 9.86. The van der Waals surface area contributed by atoms with E-state index in [1.54, 1.807) is 0 Å². The lowest BCUT2D eigenvalue weighted by molar-refractivity contribution is -0.122. The van der Waals surface area contributed by atoms with Crippen molar-refractivity contribution in [1.29, 1.82) is 0 Å². The van der Waals surface area contributed by atoms with Crippen molar-refractivity contribution in [2.75, 3.05) is 0 Å². The van der Waals surface area contributed by atoms with Gasteiger partial charge in [-0.25, -0.2) is 0 Å². The molecule has 28 heavy (non-hydrogen) atoms. The summed E-state index contributed by atoms with van der Waals surface area (Å²) in [7, 11) is 1.97. The van der Waals surface area contributed by atoms with Gasteiger partial charge in [-0.3, -0.25) is 14.3 Å². The Kier molecular flexibility index (Phi) is 5.27. The number of carbonyl (C=O) groups is 2. The summed E-state index contributed by atoms with van der Waals surface area (Å²) in [5.41, 5.74) is 8.29. The van der Waals surface area contributed by atoms with Crippen LogP contribution in [0.3, 0.4) is 0 Å². The van der Waals surface area contributed by atoms with Gasteiger partial charge in [0.2, 0.25) is 5.91 Å². The molecule has 1 aromatic heterocycles. The quantitative estimate of drug-likeness (QED) is 0.651. The predicted octanol–water partition coefficient (Wildman–Crippen LogP) is 0.973. The molecule has 0 aliphatic rings. The average molecular weight is 376 g/mol. The first kappa shape index (κ1) is 19.7. The lowest BCUT2D eigenvalue weighted by Gasteiger charge is -2.28. The van der Waals surface area contributed by atoms with Crippen molar-refractivity contribution < 1.29 is 9.59 Å². The van der Waals surface area contributed by atoms with E-state index in [2.05, 4.69) is 10.4 Å². The molecule has 0 bridgehead atoms. The van der Waals surface area contributed by atoms with Gasteiger partial charge in [-0.1, -0.05) is 68.7 Å². The number of nitrogens with zero attached hydrogens (tertiary/aromatic N) is 2. The van der Waals surface area contributed by atoms with Gasteiger partial charge in [0.15, 0.2) is 5.69 Å². The number of hydrogen-bond donors (Lipinski definition) is 2. The first-order valence-electron chi connectivity index (χ1n) is 9.28. The van der Waals surface area contributed by atoms with Crippen molar-refractivity contribution in [3.63, 3.8) is 0 Å². The van der Waals surface area contributed by atoms with E-state index in [9.17, 15) is 9.59 Å². The number of fused-ring (bicyclic) bond motifs is 1. The number of primary amides is 1. The number of nitrogens with two attached hydrogens (primary N) is 1. The van der Waals surface area contributed by atoms with E-state index >= 15 is 0 Å². The van der Waals surface area contributed by atoms with Crippen LogP contribution in [0.5, 0.6) is 0 Å². The minimum atomic E-state index is -0.792. The number of benzene rings is 2. The minimum Gasteiger partial charge on any atom is -0.368 e. The summed E-state index contributed by atoms with van der Waals surface area (Å²) in [6, 6.07) is 15.0. The fraction of sp³-hybridized carbons (Fsp3) is 0.286. The van der Waals surface area contributed by atoms with Gasteiger partial charge in [0.25, 0.3) is 5.91 Å². The number of nitrogens with one attached hydrogen (secondary N) is 1. The number of hydrogen-bond acceptors (Lipinski definition) is 3. The minimum absolute atomic E-state index is 0.296. The molecular weight excluding hydrogens is 351 g/mol. The summed E-state index contributed by atoms with van der Waals surface area (Å²) < 4.78 is 1.81. The van der Waals surface area contributed by atoms with Crippen molar-refractivity contribution in [3.8, 4) is 0 Å². The maximum atomic E-state index is 13.0. The average Bonchev–Trinajstić information content (AvgIpc) is 2.96. The van der Waals surface area contributed by atoms with Crippen molar-refractivity contribution >= 4 is 36.0 Å². The molecule has 0 saturated heterocycles. The molecule has 144 valence electrons. The van der Waals surface area contributed by atoms with Crippen LogP contribution in [0.4, 0.5) is 0 Å². The summed E-state index contributed by atoms with van der Waals surface area (Å²) >= 11 is 0. The molecule has 6 nitrogen and oxygen atoms in total. The van der Waals surface area contributed by atoms with Crippen LogP contribution in [-0.2, 0) is 11.3 Å². The molecule has 3 rings (SSSR count). The highest BCUT2D eigenvalue weighted by Gasteiger charge is 2.32. The van der Waals surface area contributed by atoms with Gasteiger partial charge >= 0.3 is 0 Å². The van der Waals surface area contributed by atoms with E-state index < -0.39 is 23.3 Å². The third-order valence-electron chi connectivity index (χ3n) is 4.72. The normalized spacial score (nSPS) is 12.7. The van der Waals surface area contributed by atoms with Crippen molar-refractivity contribution in [1.82, 2.24) is 15.1 Å². The van der Waals surface area contributed by atoms with Gasteiger partial charge in [0.1, 0.15) is 13.9 Å². The highest BCUT2D eigenvalue weighted by molar-refractivity contribution is 6.33. The van der Waals surface area contributed by atoms with Crippen LogP contribution in [0.2, 0.25) is 0 Å². The number of amides is 2. The van der Waals surface area contributed by atoms with Crippen LogP contribution in [0.1, 0.15) is 36.8 Å². The van der Waals surface area contributed by atoms with Gasteiger partial charge in [0, 0.05) is 5.39 Å². The fourth-order valence-corrected chi connectivity index (χ4v) is 3.25. The molecule has 2 amide bonds. The molecule has 1 atom stereocenters. The van der Waals surface area contributed by atoms with E-state index in [-0.39, 0.29) is 0 Å². The molecule has 3 aromatic rings. The zero-order valence-corrected chi connectivity index (χ0v) is 16.7. The Balaban J connectivity index is 2.02. The van der Waals surface area contributed by atoms with Crippen LogP contribution >= 0.6 is 0 Å². The standard InChI is InChI=1S/C21H25BN4O2/c1-21(2,3)18(19(23)27)24-20(28)17-15-11-14(22)9-10-16(15)26(25-17)12-13-7-5-4-6-8-13/h4-11,18H,12,22H2,1-3H3,(H2,23,27)(H,24,28)/t18-/m1/s1. The second-order valence-electron chi connectivity index (χ2n) is 8.19. The molecule has 7 heteroatoms. The zero-order chi connectivity index (χ0) is 20.5. The predicted molar refractivity (Wildman–Crippen MR) is 113 cm³/mol. The van der Waals surface area contributed by atoms with Gasteiger partial charge in [-0.15, -0.1) is 0 Å². The second-order valence-corrected chi connectivity index (χ2v) is 8.19. The van der Waals surface area contributed by atoms with E-state index in [1.807, 2.05) is 81.8 Å². The third kappa shape index (κ3) is 4.08. The lowest BCUT2D eigenvalue weighted by Crippen LogP contribution is -2.52. The maximum Gasteiger partial charge on any atom is 0.273 e. The van der Waals surface area contributed by atoms with E-state index in [0.29, 0.717) is 12.2 Å². The van der Waals surface area contributed by atoms with Crippen LogP contribution < -0.4 is 16.5 Å². The first-order valence-corrected chi connectivity index (χ1v) is 9.28. The number of rotatable bonds is 5. The molecule has 3 N–H and O–H groups in total. The summed E-state index contributed by atoms with van der Waals surface area (Å²) in [6.45, 7) is 6.13. The number of carbonyl (C=O) groups excluding carboxylic acids is 2. The third-order valence-corrected chi connectivity index (χ3v) is 4.72. The number of aromatic nitrogens is 2. The monoisotopic (exact) mass is 376 g/mol. The van der Waals surface area contributed by atoms with Gasteiger partial charge in [0.05, 0.1) is 12.1 Å². The summed E-state index contributed by atoms with van der Waals surface area (Å²) in [5, 5.41) is 8.10. The highest BCUT2D eigenvalue weighted by atomic mass is 16.2. The van der Waals surface area contributed by atoms with E-state index in [4.69, 9.17) is 5.73 Å². The van der Waals surface area contributed by atoms with Crippen LogP contribution in [0.15, 0.2) is 48.5 Å². The first-order chi connectivity index (χ1) is 13.2. The molecule has 0 fully saturated rings. The Morgan fingerprint density at radius 3 is 2.46 bits per heavy atom. The van der Waals surface area contributed by atoms with Gasteiger partial charge in [-0.05, 0) is 17.0 Å². The molecule has 1 heterocycles. The smallest absolute Gasteiger partial charge is 0.273 e. The topological polar surface area (TPSA) is 90.0 Å². The highest BCUT2D eigenvalue weighted by Crippen LogP contribution is 2.22. The molecule has 0 radical (unpaired) electrons. The summed E-state index contributed by atoms with van der Waals surface area (Å²) in [4.78, 5) is 24.9. The largest absolute Gasteiger partial charge is 0.368 e. The van der Waals surface area contributed by atoms with Crippen LogP contribution in [0, 0.1) is 5.41 Å². The van der Waals surface area contributed by atoms with Crippen LogP contribution in [-0.4, -0.2) is 35.5 Å². The Hall–Kier alpha value is -3.09. The van der Waals surface area contributed by atoms with Gasteiger partial charge < -0.3 is 11.1 Å². The fourth-order valence-electron chi connectivity index (χ4n) is 3.25. The van der Waals surface area contributed by atoms with Crippen molar-refractivity contribution in [3.05, 3.63) is 59.8 Å². The Morgan fingerprint density at radius 1 is 1.18 bits per heavy atom. The van der Waals surface area contributed by atoms with E-state index in [0.717, 1.165) is 21.9 Å². The SMILES string of the molecule is Bc1ccc2c(c1)c(C(=O)N[C@H](C(N)=O)C(C)(C)C)nn2Cc1ccccc1. The molecular formula is C21H25BN4O2. The Bertz CT molecular complexity index is 1020. The molecule has 2 aromatic carbocycles. The van der Waals surface area contributed by atoms with Crippen LogP contribution in [0.25, 0.3) is 10.9 Å². The Morgan fingerprint density at radius 2 is 1.86 bits per heavy atom. The molecule has 0 spiro atoms.